The van der Waals surface area contributed by atoms with Gasteiger partial charge in [-0.15, -0.1) is 13.2 Å². The highest BCUT2D eigenvalue weighted by atomic mass is 79.9. The summed E-state index contributed by atoms with van der Waals surface area (Å²) >= 11 is 3.49. The first-order valence-electron chi connectivity index (χ1n) is 8.02. The van der Waals surface area contributed by atoms with Gasteiger partial charge in [0.25, 0.3) is 0 Å². The number of nitrogens with zero attached hydrogens (tertiary/aromatic N) is 5. The lowest BCUT2D eigenvalue weighted by Crippen LogP contribution is -2.29. The monoisotopic (exact) mass is 429 g/mol. The second-order valence-corrected chi connectivity index (χ2v) is 6.97. The molecule has 1 atom stereocenters. The van der Waals surface area contributed by atoms with Crippen molar-refractivity contribution >= 4 is 27.4 Å². The molecule has 0 unspecified atom stereocenters. The molecular formula is C15H15BrF3N7. The maximum Gasteiger partial charge on any atom is 0.504 e. The van der Waals surface area contributed by atoms with E-state index in [-0.39, 0.29) is 16.2 Å². The largest absolute Gasteiger partial charge is 0.504 e. The van der Waals surface area contributed by atoms with Gasteiger partial charge >= 0.3 is 6.30 Å². The summed E-state index contributed by atoms with van der Waals surface area (Å²) in [6, 6.07) is 0. The van der Waals surface area contributed by atoms with Crippen molar-refractivity contribution in [3.8, 4) is 11.1 Å². The van der Waals surface area contributed by atoms with Gasteiger partial charge in [-0.1, -0.05) is 0 Å². The number of fused-ring (bicyclic) bond motifs is 1. The molecule has 1 fully saturated rings. The molecule has 3 aromatic rings. The topological polar surface area (TPSA) is 86.1 Å². The number of aromatic nitrogens is 5. The van der Waals surface area contributed by atoms with E-state index >= 15 is 0 Å². The summed E-state index contributed by atoms with van der Waals surface area (Å²) in [5, 5.41) is 10.9. The minimum atomic E-state index is -4.57. The second-order valence-electron chi connectivity index (χ2n) is 6.17. The molecule has 1 saturated heterocycles. The molecule has 1 aliphatic rings. The van der Waals surface area contributed by atoms with E-state index in [2.05, 4.69) is 36.4 Å². The molecule has 0 saturated carbocycles. The summed E-state index contributed by atoms with van der Waals surface area (Å²) in [6.07, 6.45) is 0.921. The Labute approximate surface area is 154 Å². The summed E-state index contributed by atoms with van der Waals surface area (Å²) in [5.74, 6) is 0.538. The van der Waals surface area contributed by atoms with Gasteiger partial charge in [0.1, 0.15) is 5.82 Å². The summed E-state index contributed by atoms with van der Waals surface area (Å²) in [7, 11) is 0. The van der Waals surface area contributed by atoms with Crippen molar-refractivity contribution in [2.45, 2.75) is 25.1 Å². The SMILES string of the molecule is Nc1c(Br)c([C@@H]2CCCNC2)nc2c(-c3cnn(C(F)(F)F)c3)cnn12. The van der Waals surface area contributed by atoms with Gasteiger partial charge in [0.2, 0.25) is 0 Å². The number of anilines is 1. The average molecular weight is 430 g/mol. The summed E-state index contributed by atoms with van der Waals surface area (Å²) in [6.45, 7) is 1.73. The molecule has 0 radical (unpaired) electrons. The molecule has 0 amide bonds. The number of nitrogens with two attached hydrogens (primary N) is 1. The van der Waals surface area contributed by atoms with Gasteiger partial charge in [0.15, 0.2) is 5.65 Å². The van der Waals surface area contributed by atoms with Crippen molar-refractivity contribution in [3.05, 3.63) is 28.8 Å². The summed E-state index contributed by atoms with van der Waals surface area (Å²) in [4.78, 5) is 4.68. The third-order valence-electron chi connectivity index (χ3n) is 4.49. The van der Waals surface area contributed by atoms with Crippen molar-refractivity contribution in [2.24, 2.45) is 0 Å². The van der Waals surface area contributed by atoms with Crippen LogP contribution >= 0.6 is 15.9 Å². The molecule has 3 aromatic heterocycles. The normalized spacial score (nSPS) is 18.5. The maximum absolute atomic E-state index is 12.8. The Morgan fingerprint density at radius 1 is 1.27 bits per heavy atom. The van der Waals surface area contributed by atoms with Gasteiger partial charge < -0.3 is 11.1 Å². The van der Waals surface area contributed by atoms with E-state index in [9.17, 15) is 13.2 Å². The number of halogens is 4. The number of nitrogen functional groups attached to an aromatic ring is 1. The average Bonchev–Trinajstić information content (AvgIpc) is 3.25. The van der Waals surface area contributed by atoms with Crippen LogP contribution < -0.4 is 11.1 Å². The number of hydrogen-bond acceptors (Lipinski definition) is 5. The fraction of sp³-hybridized carbons (Fsp3) is 0.400. The number of hydrogen-bond donors (Lipinski definition) is 2. The van der Waals surface area contributed by atoms with Crippen LogP contribution in [-0.4, -0.2) is 37.5 Å². The lowest BCUT2D eigenvalue weighted by Gasteiger charge is -2.23. The Morgan fingerprint density at radius 3 is 2.73 bits per heavy atom. The molecule has 0 aromatic carbocycles. The van der Waals surface area contributed by atoms with Crippen LogP contribution in [0.25, 0.3) is 16.8 Å². The van der Waals surface area contributed by atoms with Gasteiger partial charge in [0.05, 0.1) is 22.6 Å². The van der Waals surface area contributed by atoms with Crippen molar-refractivity contribution in [3.63, 3.8) is 0 Å². The molecule has 0 spiro atoms. The maximum atomic E-state index is 12.8. The van der Waals surface area contributed by atoms with Gasteiger partial charge in [-0.3, -0.25) is 0 Å². The van der Waals surface area contributed by atoms with Gasteiger partial charge in [-0.05, 0) is 35.3 Å². The fourth-order valence-electron chi connectivity index (χ4n) is 3.17. The first-order valence-corrected chi connectivity index (χ1v) is 8.81. The van der Waals surface area contributed by atoms with Gasteiger partial charge in [0, 0.05) is 29.8 Å². The molecule has 26 heavy (non-hydrogen) atoms. The molecule has 0 bridgehead atoms. The van der Waals surface area contributed by atoms with E-state index in [1.165, 1.54) is 10.7 Å². The van der Waals surface area contributed by atoms with Crippen molar-refractivity contribution < 1.29 is 13.2 Å². The van der Waals surface area contributed by atoms with Crippen LogP contribution in [0.1, 0.15) is 24.5 Å². The van der Waals surface area contributed by atoms with Crippen molar-refractivity contribution in [2.75, 3.05) is 18.8 Å². The van der Waals surface area contributed by atoms with Crippen LogP contribution in [0.4, 0.5) is 19.0 Å². The van der Waals surface area contributed by atoms with Crippen LogP contribution in [0.2, 0.25) is 0 Å². The first kappa shape index (κ1) is 17.3. The van der Waals surface area contributed by atoms with E-state index in [4.69, 9.17) is 5.73 Å². The third-order valence-corrected chi connectivity index (χ3v) is 5.30. The predicted octanol–water partition coefficient (Wildman–Crippen LogP) is 2.88. The lowest BCUT2D eigenvalue weighted by molar-refractivity contribution is -0.212. The highest BCUT2D eigenvalue weighted by Gasteiger charge is 2.32. The quantitative estimate of drug-likeness (QED) is 0.653. The molecule has 138 valence electrons. The van der Waals surface area contributed by atoms with Crippen LogP contribution in [0, 0.1) is 0 Å². The highest BCUT2D eigenvalue weighted by Crippen LogP contribution is 2.35. The Bertz CT molecular complexity index is 956. The van der Waals surface area contributed by atoms with Gasteiger partial charge in [-0.2, -0.15) is 19.4 Å². The molecule has 0 aliphatic carbocycles. The predicted molar refractivity (Wildman–Crippen MR) is 92.5 cm³/mol. The molecule has 1 aliphatic heterocycles. The zero-order valence-electron chi connectivity index (χ0n) is 13.5. The molecular weight excluding hydrogens is 415 g/mol. The number of alkyl halides is 3. The number of rotatable bonds is 2. The zero-order chi connectivity index (χ0) is 18.5. The zero-order valence-corrected chi connectivity index (χ0v) is 15.0. The fourth-order valence-corrected chi connectivity index (χ4v) is 3.75. The minimum Gasteiger partial charge on any atom is -0.383 e. The summed E-state index contributed by atoms with van der Waals surface area (Å²) < 4.78 is 40.5. The Hall–Kier alpha value is -2.14. The second kappa shape index (κ2) is 6.23. The van der Waals surface area contributed by atoms with E-state index in [0.717, 1.165) is 44.0 Å². The Kier molecular flexibility index (Phi) is 4.14. The van der Waals surface area contributed by atoms with Crippen molar-refractivity contribution in [1.29, 1.82) is 0 Å². The van der Waals surface area contributed by atoms with E-state index < -0.39 is 6.30 Å². The molecule has 3 N–H and O–H groups in total. The standard InChI is InChI=1S/C15H15BrF3N7/c16-11-12(8-2-1-3-21-4-8)24-14-10(6-23-26(14)13(11)20)9-5-22-25(7-9)15(17,18)19/h5-8,21H,1-4,20H2/t8-/m1/s1. The molecule has 4 rings (SSSR count). The summed E-state index contributed by atoms with van der Waals surface area (Å²) in [5.41, 5.74) is 8.10. The van der Waals surface area contributed by atoms with Crippen molar-refractivity contribution in [1.82, 2.24) is 29.7 Å². The first-order chi connectivity index (χ1) is 12.4. The number of nitrogens with one attached hydrogen (secondary N) is 1. The van der Waals surface area contributed by atoms with Crippen LogP contribution in [0.5, 0.6) is 0 Å². The van der Waals surface area contributed by atoms with E-state index in [0.29, 0.717) is 21.5 Å². The Balaban J connectivity index is 1.84. The van der Waals surface area contributed by atoms with Crippen LogP contribution in [0.3, 0.4) is 0 Å². The minimum absolute atomic E-state index is 0.0417. The van der Waals surface area contributed by atoms with Crippen LogP contribution in [-0.2, 0) is 6.30 Å². The third kappa shape index (κ3) is 2.84. The number of piperidine rings is 1. The van der Waals surface area contributed by atoms with E-state index in [1.807, 2.05) is 0 Å². The molecule has 7 nitrogen and oxygen atoms in total. The molecule has 4 heterocycles. The highest BCUT2D eigenvalue weighted by molar-refractivity contribution is 9.10. The molecule has 11 heteroatoms. The van der Waals surface area contributed by atoms with Gasteiger partial charge in [-0.25, -0.2) is 4.98 Å². The Morgan fingerprint density at radius 2 is 2.08 bits per heavy atom. The smallest absolute Gasteiger partial charge is 0.383 e. The van der Waals surface area contributed by atoms with E-state index in [1.54, 1.807) is 0 Å². The van der Waals surface area contributed by atoms with Crippen LogP contribution in [0.15, 0.2) is 23.1 Å². The lowest BCUT2D eigenvalue weighted by atomic mass is 9.96.